The minimum atomic E-state index is 0.173. The molecule has 0 radical (unpaired) electrons. The van der Waals surface area contributed by atoms with Crippen LogP contribution in [0.25, 0.3) is 0 Å². The molecule has 2 nitrogen and oxygen atoms in total. The van der Waals surface area contributed by atoms with Crippen molar-refractivity contribution in [3.05, 3.63) is 48.0 Å². The second-order valence-electron chi connectivity index (χ2n) is 5.78. The van der Waals surface area contributed by atoms with Crippen molar-refractivity contribution in [3.63, 3.8) is 0 Å². The van der Waals surface area contributed by atoms with Crippen LogP contribution in [-0.4, -0.2) is 26.3 Å². The van der Waals surface area contributed by atoms with E-state index in [1.165, 1.54) is 11.1 Å². The Labute approximate surface area is 123 Å². The number of likely N-dealkylation sites (N-methyl/N-ethyl adjacent to an activating group) is 1. The van der Waals surface area contributed by atoms with Gasteiger partial charge in [-0.15, -0.1) is 0 Å². The highest BCUT2D eigenvalue weighted by Crippen LogP contribution is 2.40. The molecule has 1 N–H and O–H groups in total. The number of hydrogen-bond donors (Lipinski definition) is 1. The molecule has 1 fully saturated rings. The van der Waals surface area contributed by atoms with E-state index in [0.717, 1.165) is 38.9 Å². The molecule has 1 unspecified atom stereocenters. The summed E-state index contributed by atoms with van der Waals surface area (Å²) in [6.07, 6.45) is 4.26. The molecule has 0 bridgehead atoms. The fourth-order valence-electron chi connectivity index (χ4n) is 3.35. The summed E-state index contributed by atoms with van der Waals surface area (Å²) in [7, 11) is 2.08. The standard InChI is InChI=1S/C18H27NO/c1-4-15(2)14-17(19-3)18(10-12-20-13-11-18)16-8-6-5-7-9-16/h5-9,17,19H,2,4,10-14H2,1,3H3. The van der Waals surface area contributed by atoms with Crippen LogP contribution in [0.15, 0.2) is 42.5 Å². The summed E-state index contributed by atoms with van der Waals surface area (Å²) in [5.41, 5.74) is 2.93. The van der Waals surface area contributed by atoms with Crippen LogP contribution in [0, 0.1) is 0 Å². The highest BCUT2D eigenvalue weighted by molar-refractivity contribution is 5.29. The third-order valence-electron chi connectivity index (χ3n) is 4.74. The van der Waals surface area contributed by atoms with Crippen molar-refractivity contribution in [2.24, 2.45) is 0 Å². The van der Waals surface area contributed by atoms with Gasteiger partial charge in [0, 0.05) is 24.7 Å². The predicted molar refractivity (Wildman–Crippen MR) is 85.1 cm³/mol. The molecule has 1 heterocycles. The van der Waals surface area contributed by atoms with Crippen molar-refractivity contribution in [3.8, 4) is 0 Å². The monoisotopic (exact) mass is 273 g/mol. The third-order valence-corrected chi connectivity index (χ3v) is 4.74. The molecule has 0 aliphatic carbocycles. The summed E-state index contributed by atoms with van der Waals surface area (Å²) in [6.45, 7) is 8.10. The molecule has 1 aromatic rings. The molecule has 1 aliphatic rings. The first-order valence-corrected chi connectivity index (χ1v) is 7.70. The average Bonchev–Trinajstić information content (AvgIpc) is 2.53. The summed E-state index contributed by atoms with van der Waals surface area (Å²) >= 11 is 0. The molecule has 2 heteroatoms. The minimum absolute atomic E-state index is 0.173. The lowest BCUT2D eigenvalue weighted by Crippen LogP contribution is -2.50. The van der Waals surface area contributed by atoms with Gasteiger partial charge in [-0.05, 0) is 38.3 Å². The van der Waals surface area contributed by atoms with Gasteiger partial charge < -0.3 is 10.1 Å². The Hall–Kier alpha value is -1.12. The Balaban J connectivity index is 2.32. The van der Waals surface area contributed by atoms with Crippen molar-refractivity contribution >= 4 is 0 Å². The SMILES string of the molecule is C=C(CC)CC(NC)C1(c2ccccc2)CCOCC1. The quantitative estimate of drug-likeness (QED) is 0.798. The van der Waals surface area contributed by atoms with E-state index in [0.29, 0.717) is 6.04 Å². The Morgan fingerprint density at radius 2 is 1.95 bits per heavy atom. The third kappa shape index (κ3) is 3.13. The molecule has 20 heavy (non-hydrogen) atoms. The highest BCUT2D eigenvalue weighted by atomic mass is 16.5. The topological polar surface area (TPSA) is 21.3 Å². The molecule has 0 saturated carbocycles. The van der Waals surface area contributed by atoms with E-state index in [1.807, 2.05) is 0 Å². The van der Waals surface area contributed by atoms with Gasteiger partial charge in [0.2, 0.25) is 0 Å². The molecule has 0 aromatic heterocycles. The zero-order valence-electron chi connectivity index (χ0n) is 12.8. The van der Waals surface area contributed by atoms with Crippen LogP contribution < -0.4 is 5.32 Å². The second kappa shape index (κ2) is 7.05. The molecule has 2 rings (SSSR count). The number of rotatable bonds is 6. The van der Waals surface area contributed by atoms with Gasteiger partial charge in [-0.3, -0.25) is 0 Å². The van der Waals surface area contributed by atoms with Crippen LogP contribution in [0.2, 0.25) is 0 Å². The number of benzene rings is 1. The maximum atomic E-state index is 5.62. The van der Waals surface area contributed by atoms with Crippen molar-refractivity contribution in [2.45, 2.75) is 44.1 Å². The van der Waals surface area contributed by atoms with Crippen molar-refractivity contribution in [2.75, 3.05) is 20.3 Å². The summed E-state index contributed by atoms with van der Waals surface area (Å²) in [6, 6.07) is 11.4. The molecule has 0 spiro atoms. The van der Waals surface area contributed by atoms with Crippen molar-refractivity contribution in [1.29, 1.82) is 0 Å². The Bertz CT molecular complexity index is 420. The van der Waals surface area contributed by atoms with Gasteiger partial charge in [0.15, 0.2) is 0 Å². The summed E-state index contributed by atoms with van der Waals surface area (Å²) < 4.78 is 5.62. The number of nitrogens with one attached hydrogen (secondary N) is 1. The van der Waals surface area contributed by atoms with Crippen molar-refractivity contribution in [1.82, 2.24) is 5.32 Å². The van der Waals surface area contributed by atoms with Crippen LogP contribution in [0.5, 0.6) is 0 Å². The van der Waals surface area contributed by atoms with Crippen LogP contribution in [-0.2, 0) is 10.2 Å². The molecule has 1 atom stereocenters. The van der Waals surface area contributed by atoms with Gasteiger partial charge in [0.05, 0.1) is 0 Å². The molecule has 1 aromatic carbocycles. The van der Waals surface area contributed by atoms with E-state index in [2.05, 4.69) is 56.2 Å². The Morgan fingerprint density at radius 3 is 2.50 bits per heavy atom. The average molecular weight is 273 g/mol. The van der Waals surface area contributed by atoms with E-state index in [-0.39, 0.29) is 5.41 Å². The Kier molecular flexibility index (Phi) is 5.38. The lowest BCUT2D eigenvalue weighted by atomic mass is 9.67. The molecular weight excluding hydrogens is 246 g/mol. The first-order valence-electron chi connectivity index (χ1n) is 7.70. The molecule has 110 valence electrons. The van der Waals surface area contributed by atoms with Gasteiger partial charge in [0.25, 0.3) is 0 Å². The van der Waals surface area contributed by atoms with E-state index in [9.17, 15) is 0 Å². The number of ether oxygens (including phenoxy) is 1. The van der Waals surface area contributed by atoms with E-state index >= 15 is 0 Å². The lowest BCUT2D eigenvalue weighted by Gasteiger charge is -2.44. The molecule has 0 amide bonds. The number of hydrogen-bond acceptors (Lipinski definition) is 2. The maximum Gasteiger partial charge on any atom is 0.0475 e. The van der Waals surface area contributed by atoms with Crippen LogP contribution in [0.4, 0.5) is 0 Å². The van der Waals surface area contributed by atoms with E-state index in [4.69, 9.17) is 4.74 Å². The first kappa shape index (κ1) is 15.3. The van der Waals surface area contributed by atoms with Crippen LogP contribution >= 0.6 is 0 Å². The minimum Gasteiger partial charge on any atom is -0.381 e. The fraction of sp³-hybridized carbons (Fsp3) is 0.556. The van der Waals surface area contributed by atoms with Gasteiger partial charge in [0.1, 0.15) is 0 Å². The molecule has 1 aliphatic heterocycles. The molecule has 1 saturated heterocycles. The van der Waals surface area contributed by atoms with Crippen LogP contribution in [0.3, 0.4) is 0 Å². The van der Waals surface area contributed by atoms with Gasteiger partial charge >= 0.3 is 0 Å². The zero-order chi connectivity index (χ0) is 14.4. The molecular formula is C18H27NO. The van der Waals surface area contributed by atoms with Gasteiger partial charge in [-0.2, -0.15) is 0 Å². The van der Waals surface area contributed by atoms with Gasteiger partial charge in [-0.25, -0.2) is 0 Å². The predicted octanol–water partition coefficient (Wildman–Crippen LogP) is 3.68. The largest absolute Gasteiger partial charge is 0.381 e. The van der Waals surface area contributed by atoms with E-state index in [1.54, 1.807) is 0 Å². The van der Waals surface area contributed by atoms with Crippen molar-refractivity contribution < 1.29 is 4.74 Å². The summed E-state index contributed by atoms with van der Waals surface area (Å²) in [4.78, 5) is 0. The zero-order valence-corrected chi connectivity index (χ0v) is 12.8. The maximum absolute atomic E-state index is 5.62. The van der Waals surface area contributed by atoms with Crippen LogP contribution in [0.1, 0.15) is 38.2 Å². The summed E-state index contributed by atoms with van der Waals surface area (Å²) in [5.74, 6) is 0. The second-order valence-corrected chi connectivity index (χ2v) is 5.78. The summed E-state index contributed by atoms with van der Waals surface area (Å²) in [5, 5.41) is 3.56. The fourth-order valence-corrected chi connectivity index (χ4v) is 3.35. The normalized spacial score (nSPS) is 19.5. The van der Waals surface area contributed by atoms with E-state index < -0.39 is 0 Å². The van der Waals surface area contributed by atoms with Gasteiger partial charge in [-0.1, -0.05) is 49.4 Å². The highest BCUT2D eigenvalue weighted by Gasteiger charge is 2.40. The smallest absolute Gasteiger partial charge is 0.0475 e. The lowest BCUT2D eigenvalue weighted by molar-refractivity contribution is 0.0354. The first-order chi connectivity index (χ1) is 9.73. The Morgan fingerprint density at radius 1 is 1.30 bits per heavy atom.